The number of carbonyl (C=O) groups excluding carboxylic acids is 1. The van der Waals surface area contributed by atoms with Crippen LogP contribution < -0.4 is 0 Å². The first-order valence-corrected chi connectivity index (χ1v) is 7.36. The van der Waals surface area contributed by atoms with Gasteiger partial charge in [-0.1, -0.05) is 36.4 Å². The first kappa shape index (κ1) is 13.4. The molecule has 3 rings (SSSR count). The van der Waals surface area contributed by atoms with Crippen LogP contribution in [0.5, 0.6) is 0 Å². The molecule has 0 aliphatic rings. The van der Waals surface area contributed by atoms with Crippen LogP contribution in [0, 0.1) is 0 Å². The minimum atomic E-state index is -0.0207. The largest absolute Gasteiger partial charge is 0.288 e. The molecule has 4 heteroatoms. The van der Waals surface area contributed by atoms with Gasteiger partial charge in [-0.3, -0.25) is 4.79 Å². The molecule has 1 aromatic heterocycles. The highest BCUT2D eigenvalue weighted by atomic mass is 32.1. The molecule has 0 radical (unpaired) electrons. The van der Waals surface area contributed by atoms with Crippen molar-refractivity contribution in [2.75, 3.05) is 0 Å². The summed E-state index contributed by atoms with van der Waals surface area (Å²) in [4.78, 5) is 13.2. The van der Waals surface area contributed by atoms with Crippen LogP contribution in [0.1, 0.15) is 15.2 Å². The Labute approximate surface area is 126 Å². The average molecular weight is 292 g/mol. The Hall–Kier alpha value is -2.59. The number of nitrogens with zero attached hydrogens (tertiary/aromatic N) is 2. The van der Waals surface area contributed by atoms with Crippen LogP contribution in [0.15, 0.2) is 82.3 Å². The van der Waals surface area contributed by atoms with Crippen molar-refractivity contribution in [2.24, 2.45) is 10.2 Å². The van der Waals surface area contributed by atoms with E-state index in [9.17, 15) is 4.79 Å². The zero-order valence-corrected chi connectivity index (χ0v) is 12.0. The minimum absolute atomic E-state index is 0.0207. The van der Waals surface area contributed by atoms with E-state index < -0.39 is 0 Å². The third-order valence-corrected chi connectivity index (χ3v) is 3.79. The molecule has 0 fully saturated rings. The topological polar surface area (TPSA) is 41.8 Å². The maximum Gasteiger partial charge on any atom is 0.205 e. The van der Waals surface area contributed by atoms with Crippen LogP contribution in [-0.2, 0) is 0 Å². The van der Waals surface area contributed by atoms with Gasteiger partial charge in [0.25, 0.3) is 0 Å². The van der Waals surface area contributed by atoms with Crippen LogP contribution in [0.2, 0.25) is 0 Å². The van der Waals surface area contributed by atoms with Crippen molar-refractivity contribution in [2.45, 2.75) is 0 Å². The molecule has 0 unspecified atom stereocenters. The van der Waals surface area contributed by atoms with E-state index in [-0.39, 0.29) is 5.78 Å². The smallest absolute Gasteiger partial charge is 0.205 e. The number of azo groups is 1. The molecule has 0 N–H and O–H groups in total. The number of hydrogen-bond acceptors (Lipinski definition) is 4. The normalized spacial score (nSPS) is 10.9. The highest BCUT2D eigenvalue weighted by molar-refractivity contribution is 7.12. The molecule has 1 heterocycles. The first-order valence-electron chi connectivity index (χ1n) is 6.48. The minimum Gasteiger partial charge on any atom is -0.288 e. The van der Waals surface area contributed by atoms with Gasteiger partial charge >= 0.3 is 0 Å². The van der Waals surface area contributed by atoms with Crippen molar-refractivity contribution >= 4 is 28.5 Å². The number of thiophene rings is 1. The molecule has 2 aromatic carbocycles. The molecule has 0 aliphatic carbocycles. The monoisotopic (exact) mass is 292 g/mol. The van der Waals surface area contributed by atoms with Gasteiger partial charge in [0, 0.05) is 0 Å². The van der Waals surface area contributed by atoms with Crippen LogP contribution in [-0.4, -0.2) is 5.78 Å². The Balaban J connectivity index is 1.93. The molecule has 3 aromatic rings. The van der Waals surface area contributed by atoms with Crippen molar-refractivity contribution in [3.8, 4) is 0 Å². The Morgan fingerprint density at radius 3 is 2.33 bits per heavy atom. The van der Waals surface area contributed by atoms with Gasteiger partial charge in [0.15, 0.2) is 0 Å². The molecule has 21 heavy (non-hydrogen) atoms. The summed E-state index contributed by atoms with van der Waals surface area (Å²) in [6.07, 6.45) is 0. The lowest BCUT2D eigenvalue weighted by molar-refractivity contribution is 0.104. The maximum absolute atomic E-state index is 12.4. The summed E-state index contributed by atoms with van der Waals surface area (Å²) >= 11 is 1.43. The number of hydrogen-bond donors (Lipinski definition) is 0. The average Bonchev–Trinajstić information content (AvgIpc) is 3.08. The van der Waals surface area contributed by atoms with E-state index in [0.29, 0.717) is 16.1 Å². The van der Waals surface area contributed by atoms with Crippen LogP contribution >= 0.6 is 11.3 Å². The fourth-order valence-corrected chi connectivity index (χ4v) is 2.58. The summed E-state index contributed by atoms with van der Waals surface area (Å²) in [7, 11) is 0. The van der Waals surface area contributed by atoms with Gasteiger partial charge in [-0.25, -0.2) is 0 Å². The van der Waals surface area contributed by atoms with Crippen molar-refractivity contribution in [3.05, 3.63) is 82.6 Å². The standard InChI is InChI=1S/C17H12N2OS/c20-17(16-11-6-12-21-16)14-9-4-5-10-15(14)19-18-13-7-2-1-3-8-13/h1-12H. The van der Waals surface area contributed by atoms with Crippen LogP contribution in [0.25, 0.3) is 0 Å². The van der Waals surface area contributed by atoms with Gasteiger partial charge in [-0.2, -0.15) is 5.11 Å². The molecular weight excluding hydrogens is 280 g/mol. The van der Waals surface area contributed by atoms with Crippen molar-refractivity contribution in [1.82, 2.24) is 0 Å². The molecule has 0 saturated heterocycles. The van der Waals surface area contributed by atoms with E-state index in [0.717, 1.165) is 5.69 Å². The van der Waals surface area contributed by atoms with E-state index >= 15 is 0 Å². The van der Waals surface area contributed by atoms with Gasteiger partial charge in [0.1, 0.15) is 0 Å². The lowest BCUT2D eigenvalue weighted by atomic mass is 10.1. The highest BCUT2D eigenvalue weighted by Crippen LogP contribution is 2.25. The van der Waals surface area contributed by atoms with Gasteiger partial charge in [-0.15, -0.1) is 16.5 Å². The highest BCUT2D eigenvalue weighted by Gasteiger charge is 2.13. The Morgan fingerprint density at radius 2 is 1.57 bits per heavy atom. The summed E-state index contributed by atoms with van der Waals surface area (Å²) in [5, 5.41) is 10.3. The van der Waals surface area contributed by atoms with E-state index in [1.165, 1.54) is 11.3 Å². The lowest BCUT2D eigenvalue weighted by Crippen LogP contribution is -1.98. The number of carbonyl (C=O) groups is 1. The third-order valence-electron chi connectivity index (χ3n) is 2.92. The molecule has 0 atom stereocenters. The molecule has 0 spiro atoms. The second-order valence-electron chi connectivity index (χ2n) is 4.36. The summed E-state index contributed by atoms with van der Waals surface area (Å²) in [6.45, 7) is 0. The van der Waals surface area contributed by atoms with Crippen molar-refractivity contribution < 1.29 is 4.79 Å². The third kappa shape index (κ3) is 3.12. The van der Waals surface area contributed by atoms with E-state index in [4.69, 9.17) is 0 Å². The number of ketones is 1. The van der Waals surface area contributed by atoms with Crippen molar-refractivity contribution in [3.63, 3.8) is 0 Å². The fraction of sp³-hybridized carbons (Fsp3) is 0. The SMILES string of the molecule is O=C(c1cccs1)c1ccccc1N=Nc1ccccc1. The van der Waals surface area contributed by atoms with E-state index in [1.807, 2.05) is 60.0 Å². The Kier molecular flexibility index (Phi) is 3.98. The zero-order valence-electron chi connectivity index (χ0n) is 11.1. The Bertz CT molecular complexity index is 765. The summed E-state index contributed by atoms with van der Waals surface area (Å²) < 4.78 is 0. The summed E-state index contributed by atoms with van der Waals surface area (Å²) in [6, 6.07) is 20.4. The number of benzene rings is 2. The number of rotatable bonds is 4. The Morgan fingerprint density at radius 1 is 0.810 bits per heavy atom. The van der Waals surface area contributed by atoms with Gasteiger partial charge in [0.05, 0.1) is 21.8 Å². The van der Waals surface area contributed by atoms with Crippen LogP contribution in [0.4, 0.5) is 11.4 Å². The van der Waals surface area contributed by atoms with Gasteiger partial charge in [0.2, 0.25) is 5.78 Å². The predicted octanol–water partition coefficient (Wildman–Crippen LogP) is 5.39. The second kappa shape index (κ2) is 6.24. The predicted molar refractivity (Wildman–Crippen MR) is 84.8 cm³/mol. The molecule has 0 aliphatic heterocycles. The molecule has 102 valence electrons. The summed E-state index contributed by atoms with van der Waals surface area (Å²) in [5.41, 5.74) is 1.91. The van der Waals surface area contributed by atoms with Crippen LogP contribution in [0.3, 0.4) is 0 Å². The quantitative estimate of drug-likeness (QED) is 0.469. The van der Waals surface area contributed by atoms with E-state index in [2.05, 4.69) is 10.2 Å². The van der Waals surface area contributed by atoms with Crippen molar-refractivity contribution in [1.29, 1.82) is 0 Å². The van der Waals surface area contributed by atoms with E-state index in [1.54, 1.807) is 12.1 Å². The lowest BCUT2D eigenvalue weighted by Gasteiger charge is -2.02. The molecule has 3 nitrogen and oxygen atoms in total. The molecule has 0 saturated carbocycles. The zero-order chi connectivity index (χ0) is 14.5. The summed E-state index contributed by atoms with van der Waals surface area (Å²) in [5.74, 6) is -0.0207. The second-order valence-corrected chi connectivity index (χ2v) is 5.31. The molecular formula is C17H12N2OS. The molecule has 0 bridgehead atoms. The molecule has 0 amide bonds. The fourth-order valence-electron chi connectivity index (χ4n) is 1.90. The first-order chi connectivity index (χ1) is 10.3. The van der Waals surface area contributed by atoms with Gasteiger partial charge in [-0.05, 0) is 35.7 Å². The van der Waals surface area contributed by atoms with Gasteiger partial charge < -0.3 is 0 Å². The maximum atomic E-state index is 12.4.